The molecule has 0 aromatic heterocycles. The summed E-state index contributed by atoms with van der Waals surface area (Å²) in [5.74, 6) is 0.195. The van der Waals surface area contributed by atoms with Crippen molar-refractivity contribution >= 4 is 10.0 Å². The zero-order valence-corrected chi connectivity index (χ0v) is 13.2. The van der Waals surface area contributed by atoms with E-state index in [0.717, 1.165) is 45.4 Å². The van der Waals surface area contributed by atoms with E-state index in [4.69, 9.17) is 4.74 Å². The summed E-state index contributed by atoms with van der Waals surface area (Å²) in [6.07, 6.45) is 4.65. The number of rotatable bonds is 14. The summed E-state index contributed by atoms with van der Waals surface area (Å²) in [4.78, 5) is 0. The van der Waals surface area contributed by atoms with Gasteiger partial charge in [-0.25, -0.2) is 13.1 Å². The summed E-state index contributed by atoms with van der Waals surface area (Å²) in [6.45, 7) is 7.78. The van der Waals surface area contributed by atoms with Gasteiger partial charge in [-0.05, 0) is 38.8 Å². The average molecular weight is 294 g/mol. The van der Waals surface area contributed by atoms with Crippen molar-refractivity contribution in [2.45, 2.75) is 46.0 Å². The second-order valence-corrected chi connectivity index (χ2v) is 6.56. The Hall–Kier alpha value is -0.170. The van der Waals surface area contributed by atoms with Gasteiger partial charge in [0, 0.05) is 19.8 Å². The fourth-order valence-corrected chi connectivity index (χ4v) is 2.64. The van der Waals surface area contributed by atoms with Crippen molar-refractivity contribution in [3.8, 4) is 0 Å². The highest BCUT2D eigenvalue weighted by atomic mass is 32.2. The van der Waals surface area contributed by atoms with Crippen LogP contribution in [0.3, 0.4) is 0 Å². The lowest BCUT2D eigenvalue weighted by Gasteiger charge is -2.07. The SMILES string of the molecule is CCCCOCCCNS(=O)(=O)CCCNCCC. The highest BCUT2D eigenvalue weighted by Crippen LogP contribution is 1.92. The molecule has 5 nitrogen and oxygen atoms in total. The molecule has 0 unspecified atom stereocenters. The molecule has 0 amide bonds. The Balaban J connectivity index is 3.41. The van der Waals surface area contributed by atoms with Crippen LogP contribution in [-0.2, 0) is 14.8 Å². The molecule has 19 heavy (non-hydrogen) atoms. The summed E-state index contributed by atoms with van der Waals surface area (Å²) in [7, 11) is -3.11. The van der Waals surface area contributed by atoms with Gasteiger partial charge in [0.25, 0.3) is 0 Å². The van der Waals surface area contributed by atoms with Crippen LogP contribution in [0.4, 0.5) is 0 Å². The van der Waals surface area contributed by atoms with Gasteiger partial charge in [0.1, 0.15) is 0 Å². The molecule has 0 saturated heterocycles. The molecule has 0 radical (unpaired) electrons. The largest absolute Gasteiger partial charge is 0.381 e. The number of unbranched alkanes of at least 4 members (excludes halogenated alkanes) is 1. The van der Waals surface area contributed by atoms with Gasteiger partial charge in [-0.15, -0.1) is 0 Å². The van der Waals surface area contributed by atoms with Crippen molar-refractivity contribution in [1.29, 1.82) is 0 Å². The predicted molar refractivity (Wildman–Crippen MR) is 79.9 cm³/mol. The van der Waals surface area contributed by atoms with E-state index in [1.807, 2.05) is 0 Å². The van der Waals surface area contributed by atoms with Gasteiger partial charge in [0.15, 0.2) is 0 Å². The zero-order valence-electron chi connectivity index (χ0n) is 12.4. The fourth-order valence-electron chi connectivity index (χ4n) is 1.51. The maximum Gasteiger partial charge on any atom is 0.211 e. The molecule has 0 rings (SSSR count). The van der Waals surface area contributed by atoms with E-state index in [0.29, 0.717) is 19.6 Å². The molecule has 0 aromatic rings. The van der Waals surface area contributed by atoms with Crippen molar-refractivity contribution in [2.75, 3.05) is 38.6 Å². The quantitative estimate of drug-likeness (QED) is 0.477. The molecule has 0 aromatic carbocycles. The van der Waals surface area contributed by atoms with Gasteiger partial charge in [-0.3, -0.25) is 0 Å². The summed E-state index contributed by atoms with van der Waals surface area (Å²) in [6, 6.07) is 0. The van der Waals surface area contributed by atoms with Gasteiger partial charge in [-0.1, -0.05) is 20.3 Å². The second-order valence-electron chi connectivity index (χ2n) is 4.64. The zero-order chi connectivity index (χ0) is 14.4. The normalized spacial score (nSPS) is 11.9. The number of nitrogens with one attached hydrogen (secondary N) is 2. The Morgan fingerprint density at radius 2 is 1.63 bits per heavy atom. The van der Waals surface area contributed by atoms with Crippen LogP contribution >= 0.6 is 0 Å². The first-order valence-corrected chi connectivity index (χ1v) is 9.03. The fraction of sp³-hybridized carbons (Fsp3) is 1.00. The van der Waals surface area contributed by atoms with E-state index in [9.17, 15) is 8.42 Å². The van der Waals surface area contributed by atoms with Crippen molar-refractivity contribution in [3.63, 3.8) is 0 Å². The second kappa shape index (κ2) is 12.8. The van der Waals surface area contributed by atoms with Gasteiger partial charge in [0.2, 0.25) is 10.0 Å². The molecule has 0 bridgehead atoms. The van der Waals surface area contributed by atoms with Crippen molar-refractivity contribution < 1.29 is 13.2 Å². The highest BCUT2D eigenvalue weighted by Gasteiger charge is 2.08. The van der Waals surface area contributed by atoms with Gasteiger partial charge in [0.05, 0.1) is 5.75 Å². The topological polar surface area (TPSA) is 67.4 Å². The lowest BCUT2D eigenvalue weighted by Crippen LogP contribution is -2.29. The molecule has 0 saturated carbocycles. The van der Waals surface area contributed by atoms with Crippen LogP contribution in [-0.4, -0.2) is 47.0 Å². The molecule has 0 fully saturated rings. The average Bonchev–Trinajstić information content (AvgIpc) is 2.37. The summed E-state index contributed by atoms with van der Waals surface area (Å²) in [5, 5.41) is 3.19. The number of hydrogen-bond acceptors (Lipinski definition) is 4. The monoisotopic (exact) mass is 294 g/mol. The minimum atomic E-state index is -3.11. The number of hydrogen-bond donors (Lipinski definition) is 2. The minimum absolute atomic E-state index is 0.195. The lowest BCUT2D eigenvalue weighted by atomic mass is 10.4. The van der Waals surface area contributed by atoms with Crippen LogP contribution in [0.2, 0.25) is 0 Å². The van der Waals surface area contributed by atoms with Gasteiger partial charge < -0.3 is 10.1 Å². The molecule has 0 heterocycles. The maximum atomic E-state index is 11.6. The first-order chi connectivity index (χ1) is 9.12. The summed E-state index contributed by atoms with van der Waals surface area (Å²) < 4.78 is 31.2. The number of sulfonamides is 1. The summed E-state index contributed by atoms with van der Waals surface area (Å²) in [5.41, 5.74) is 0. The molecule has 0 aliphatic carbocycles. The van der Waals surface area contributed by atoms with Crippen LogP contribution in [0.1, 0.15) is 46.0 Å². The lowest BCUT2D eigenvalue weighted by molar-refractivity contribution is 0.130. The predicted octanol–water partition coefficient (Wildman–Crippen LogP) is 1.50. The van der Waals surface area contributed by atoms with Crippen molar-refractivity contribution in [2.24, 2.45) is 0 Å². The Labute approximate surface area is 118 Å². The Kier molecular flexibility index (Phi) is 12.7. The van der Waals surface area contributed by atoms with Crippen LogP contribution in [0.5, 0.6) is 0 Å². The minimum Gasteiger partial charge on any atom is -0.381 e. The van der Waals surface area contributed by atoms with E-state index < -0.39 is 10.0 Å². The van der Waals surface area contributed by atoms with Crippen LogP contribution in [0.15, 0.2) is 0 Å². The molecule has 0 spiro atoms. The van der Waals surface area contributed by atoms with E-state index in [2.05, 4.69) is 23.9 Å². The smallest absolute Gasteiger partial charge is 0.211 e. The third-order valence-electron chi connectivity index (χ3n) is 2.62. The third-order valence-corrected chi connectivity index (χ3v) is 4.09. The van der Waals surface area contributed by atoms with E-state index in [-0.39, 0.29) is 5.75 Å². The van der Waals surface area contributed by atoms with E-state index in [1.54, 1.807) is 0 Å². The molecule has 6 heteroatoms. The molecule has 116 valence electrons. The van der Waals surface area contributed by atoms with E-state index >= 15 is 0 Å². The Bertz CT molecular complexity index is 282. The standard InChI is InChI=1S/C13H30N2O3S/c1-3-5-11-18-12-6-10-15-19(16,17)13-7-9-14-8-4-2/h14-15H,3-13H2,1-2H3. The van der Waals surface area contributed by atoms with Crippen LogP contribution in [0, 0.1) is 0 Å². The molecular weight excluding hydrogens is 264 g/mol. The first kappa shape index (κ1) is 18.8. The molecule has 0 atom stereocenters. The molecular formula is C13H30N2O3S. The number of ether oxygens (including phenoxy) is 1. The van der Waals surface area contributed by atoms with Crippen LogP contribution in [0.25, 0.3) is 0 Å². The van der Waals surface area contributed by atoms with Gasteiger partial charge >= 0.3 is 0 Å². The maximum absolute atomic E-state index is 11.6. The molecule has 2 N–H and O–H groups in total. The van der Waals surface area contributed by atoms with E-state index in [1.165, 1.54) is 0 Å². The van der Waals surface area contributed by atoms with Crippen molar-refractivity contribution in [1.82, 2.24) is 10.0 Å². The van der Waals surface area contributed by atoms with Crippen molar-refractivity contribution in [3.05, 3.63) is 0 Å². The summed E-state index contributed by atoms with van der Waals surface area (Å²) >= 11 is 0. The Morgan fingerprint density at radius 1 is 0.895 bits per heavy atom. The molecule has 0 aliphatic heterocycles. The highest BCUT2D eigenvalue weighted by molar-refractivity contribution is 7.89. The van der Waals surface area contributed by atoms with Gasteiger partial charge in [-0.2, -0.15) is 0 Å². The Morgan fingerprint density at radius 3 is 2.32 bits per heavy atom. The van der Waals surface area contributed by atoms with Crippen LogP contribution < -0.4 is 10.0 Å². The molecule has 0 aliphatic rings. The third kappa shape index (κ3) is 14.1. The first-order valence-electron chi connectivity index (χ1n) is 7.38.